The summed E-state index contributed by atoms with van der Waals surface area (Å²) in [5.41, 5.74) is 5.88. The summed E-state index contributed by atoms with van der Waals surface area (Å²) in [4.78, 5) is 15.0. The molecule has 3 fully saturated rings. The minimum atomic E-state index is 0. The number of carbonyl (C=O) groups is 1. The SMILES string of the molecule is Cl.Cl.NCC(NC(=O)CC1(N2CCOCC2)CCCC1)C1CC1. The van der Waals surface area contributed by atoms with Crippen LogP contribution < -0.4 is 11.1 Å². The van der Waals surface area contributed by atoms with Crippen molar-refractivity contribution in [1.29, 1.82) is 0 Å². The predicted octanol–water partition coefficient (Wildman–Crippen LogP) is 1.72. The van der Waals surface area contributed by atoms with Crippen molar-refractivity contribution >= 4 is 30.7 Å². The van der Waals surface area contributed by atoms with E-state index in [4.69, 9.17) is 10.5 Å². The number of nitrogens with one attached hydrogen (secondary N) is 1. The monoisotopic (exact) mass is 367 g/mol. The molecule has 7 heteroatoms. The molecule has 0 aromatic rings. The molecule has 2 aliphatic carbocycles. The van der Waals surface area contributed by atoms with Gasteiger partial charge in [-0.05, 0) is 31.6 Å². The Morgan fingerprint density at radius 1 is 1.22 bits per heavy atom. The van der Waals surface area contributed by atoms with E-state index in [2.05, 4.69) is 10.2 Å². The van der Waals surface area contributed by atoms with Crippen LogP contribution in [0.2, 0.25) is 0 Å². The van der Waals surface area contributed by atoms with Gasteiger partial charge in [0, 0.05) is 37.6 Å². The fourth-order valence-corrected chi connectivity index (χ4v) is 4.10. The molecule has 136 valence electrons. The second-order valence-electron chi connectivity index (χ2n) is 6.95. The van der Waals surface area contributed by atoms with Gasteiger partial charge in [-0.3, -0.25) is 9.69 Å². The molecule has 5 nitrogen and oxygen atoms in total. The Morgan fingerprint density at radius 3 is 2.35 bits per heavy atom. The van der Waals surface area contributed by atoms with E-state index in [0.717, 1.165) is 39.1 Å². The third kappa shape index (κ3) is 5.20. The summed E-state index contributed by atoms with van der Waals surface area (Å²) < 4.78 is 5.47. The molecule has 0 bridgehead atoms. The third-order valence-electron chi connectivity index (χ3n) is 5.50. The lowest BCUT2D eigenvalue weighted by atomic mass is 9.89. The van der Waals surface area contributed by atoms with E-state index in [-0.39, 0.29) is 42.3 Å². The Balaban J connectivity index is 0.00000132. The summed E-state index contributed by atoms with van der Waals surface area (Å²) in [5.74, 6) is 0.826. The number of morpholine rings is 1. The van der Waals surface area contributed by atoms with E-state index in [1.807, 2.05) is 0 Å². The standard InChI is InChI=1S/C16H29N3O2.2ClH/c17-12-14(13-3-4-13)18-15(20)11-16(5-1-2-6-16)19-7-9-21-10-8-19;;/h13-14H,1-12,17H2,(H,18,20);2*1H. The van der Waals surface area contributed by atoms with Crippen LogP contribution in [0.4, 0.5) is 0 Å². The second-order valence-corrected chi connectivity index (χ2v) is 6.95. The van der Waals surface area contributed by atoms with Crippen LogP contribution in [0.1, 0.15) is 44.9 Å². The molecule has 1 atom stereocenters. The molecule has 1 heterocycles. The Labute approximate surface area is 151 Å². The van der Waals surface area contributed by atoms with Crippen LogP contribution in [-0.2, 0) is 9.53 Å². The zero-order valence-electron chi connectivity index (χ0n) is 13.8. The summed E-state index contributed by atoms with van der Waals surface area (Å²) in [6, 6.07) is 0.195. The molecule has 0 spiro atoms. The van der Waals surface area contributed by atoms with E-state index in [1.54, 1.807) is 0 Å². The zero-order valence-corrected chi connectivity index (χ0v) is 15.4. The van der Waals surface area contributed by atoms with Crippen LogP contribution in [0.5, 0.6) is 0 Å². The highest BCUT2D eigenvalue weighted by Gasteiger charge is 2.42. The van der Waals surface area contributed by atoms with Crippen LogP contribution in [0.15, 0.2) is 0 Å². The number of rotatable bonds is 6. The van der Waals surface area contributed by atoms with Gasteiger partial charge in [0.2, 0.25) is 5.91 Å². The normalized spacial score (nSPS) is 25.1. The van der Waals surface area contributed by atoms with Gasteiger partial charge in [0.1, 0.15) is 0 Å². The number of hydrogen-bond acceptors (Lipinski definition) is 4. The van der Waals surface area contributed by atoms with E-state index in [0.29, 0.717) is 18.9 Å². The van der Waals surface area contributed by atoms with Gasteiger partial charge < -0.3 is 15.8 Å². The van der Waals surface area contributed by atoms with Crippen LogP contribution in [0.25, 0.3) is 0 Å². The van der Waals surface area contributed by atoms with Crippen LogP contribution in [-0.4, -0.2) is 55.2 Å². The third-order valence-corrected chi connectivity index (χ3v) is 5.50. The van der Waals surface area contributed by atoms with Gasteiger partial charge >= 0.3 is 0 Å². The lowest BCUT2D eigenvalue weighted by Gasteiger charge is -2.43. The van der Waals surface area contributed by atoms with Gasteiger partial charge in [-0.15, -0.1) is 24.8 Å². The van der Waals surface area contributed by atoms with E-state index < -0.39 is 0 Å². The predicted molar refractivity (Wildman–Crippen MR) is 96.4 cm³/mol. The van der Waals surface area contributed by atoms with Crippen molar-refractivity contribution in [3.63, 3.8) is 0 Å². The molecule has 1 aliphatic heterocycles. The largest absolute Gasteiger partial charge is 0.379 e. The van der Waals surface area contributed by atoms with Gasteiger partial charge in [-0.25, -0.2) is 0 Å². The maximum absolute atomic E-state index is 12.5. The number of ether oxygens (including phenoxy) is 1. The number of halogens is 2. The number of hydrogen-bond donors (Lipinski definition) is 2. The van der Waals surface area contributed by atoms with Crippen molar-refractivity contribution in [2.24, 2.45) is 11.7 Å². The molecule has 23 heavy (non-hydrogen) atoms. The Morgan fingerprint density at radius 2 is 1.83 bits per heavy atom. The van der Waals surface area contributed by atoms with Crippen molar-refractivity contribution in [2.75, 3.05) is 32.8 Å². The highest BCUT2D eigenvalue weighted by Crippen LogP contribution is 2.39. The summed E-state index contributed by atoms with van der Waals surface area (Å²) in [7, 11) is 0. The first-order valence-corrected chi connectivity index (χ1v) is 8.56. The van der Waals surface area contributed by atoms with Crippen molar-refractivity contribution in [3.05, 3.63) is 0 Å². The fraction of sp³-hybridized carbons (Fsp3) is 0.938. The molecular weight excluding hydrogens is 337 g/mol. The van der Waals surface area contributed by atoms with E-state index in [9.17, 15) is 4.79 Å². The number of amides is 1. The molecule has 3 rings (SSSR count). The Hall–Kier alpha value is -0.0700. The van der Waals surface area contributed by atoms with Gasteiger partial charge in [-0.1, -0.05) is 12.8 Å². The summed E-state index contributed by atoms with van der Waals surface area (Å²) in [6.45, 7) is 4.11. The average Bonchev–Trinajstić information content (AvgIpc) is 3.25. The Kier molecular flexibility index (Phi) is 8.59. The van der Waals surface area contributed by atoms with Gasteiger partial charge in [0.15, 0.2) is 0 Å². The summed E-state index contributed by atoms with van der Waals surface area (Å²) >= 11 is 0. The van der Waals surface area contributed by atoms with Crippen LogP contribution in [0, 0.1) is 5.92 Å². The smallest absolute Gasteiger partial charge is 0.222 e. The molecule has 1 saturated heterocycles. The maximum atomic E-state index is 12.5. The first-order valence-electron chi connectivity index (χ1n) is 8.56. The van der Waals surface area contributed by atoms with Crippen molar-refractivity contribution in [2.45, 2.75) is 56.5 Å². The van der Waals surface area contributed by atoms with Crippen molar-refractivity contribution in [3.8, 4) is 0 Å². The first kappa shape index (κ1) is 21.0. The molecule has 2 saturated carbocycles. The molecule has 1 unspecified atom stereocenters. The van der Waals surface area contributed by atoms with Gasteiger partial charge in [0.05, 0.1) is 13.2 Å². The summed E-state index contributed by atoms with van der Waals surface area (Å²) in [5, 5.41) is 3.20. The average molecular weight is 368 g/mol. The molecule has 3 aliphatic rings. The molecule has 1 amide bonds. The molecular formula is C16H31Cl2N3O2. The number of nitrogens with two attached hydrogens (primary N) is 1. The quantitative estimate of drug-likeness (QED) is 0.749. The Bertz CT molecular complexity index is 368. The topological polar surface area (TPSA) is 67.6 Å². The van der Waals surface area contributed by atoms with Crippen molar-refractivity contribution in [1.82, 2.24) is 10.2 Å². The highest BCUT2D eigenvalue weighted by atomic mass is 35.5. The second kappa shape index (κ2) is 9.42. The number of carbonyl (C=O) groups excluding carboxylic acids is 1. The van der Waals surface area contributed by atoms with E-state index in [1.165, 1.54) is 25.7 Å². The van der Waals surface area contributed by atoms with Gasteiger partial charge in [0.25, 0.3) is 0 Å². The molecule has 0 aromatic heterocycles. The zero-order chi connectivity index (χ0) is 14.7. The minimum absolute atomic E-state index is 0. The minimum Gasteiger partial charge on any atom is -0.379 e. The molecule has 0 radical (unpaired) electrons. The highest BCUT2D eigenvalue weighted by molar-refractivity contribution is 5.85. The van der Waals surface area contributed by atoms with Crippen LogP contribution >= 0.6 is 24.8 Å². The van der Waals surface area contributed by atoms with E-state index >= 15 is 0 Å². The van der Waals surface area contributed by atoms with Gasteiger partial charge in [-0.2, -0.15) is 0 Å². The molecule has 3 N–H and O–H groups in total. The molecule has 0 aromatic carbocycles. The van der Waals surface area contributed by atoms with Crippen LogP contribution in [0.3, 0.4) is 0 Å². The summed E-state index contributed by atoms with van der Waals surface area (Å²) in [6.07, 6.45) is 7.86. The fourth-order valence-electron chi connectivity index (χ4n) is 4.10. The lowest BCUT2D eigenvalue weighted by molar-refractivity contribution is -0.126. The lowest BCUT2D eigenvalue weighted by Crippen LogP contribution is -2.55. The van der Waals surface area contributed by atoms with Crippen molar-refractivity contribution < 1.29 is 9.53 Å². The maximum Gasteiger partial charge on any atom is 0.222 e. The first-order chi connectivity index (χ1) is 10.2. The number of nitrogens with zero attached hydrogens (tertiary/aromatic N) is 1.